The van der Waals surface area contributed by atoms with Crippen molar-refractivity contribution in [3.05, 3.63) is 11.3 Å². The molecule has 3 unspecified atom stereocenters. The zero-order chi connectivity index (χ0) is 16.5. The number of hydrogen-bond donors (Lipinski definition) is 2. The molecular weight excluding hydrogens is 360 g/mol. The van der Waals surface area contributed by atoms with Gasteiger partial charge in [-0.2, -0.15) is 5.10 Å². The Morgan fingerprint density at radius 2 is 2.30 bits per heavy atom. The Bertz CT molecular complexity index is 683. The van der Waals surface area contributed by atoms with Gasteiger partial charge < -0.3 is 9.84 Å². The fourth-order valence-electron chi connectivity index (χ4n) is 2.99. The lowest BCUT2D eigenvalue weighted by Gasteiger charge is -2.55. The molecule has 0 saturated carbocycles. The lowest BCUT2D eigenvalue weighted by molar-refractivity contribution is -0.183. The maximum Gasteiger partial charge on any atom is 0.352 e. The van der Waals surface area contributed by atoms with Crippen LogP contribution >= 0.6 is 35.3 Å². The summed E-state index contributed by atoms with van der Waals surface area (Å²) in [6.07, 6.45) is 0. The standard InChI is InChI=1S/C12H14N4O4S3/c1-4-14-16-7(23-11(16)22-4)5-3-21-10-12(13,20-2)9(19)15(10)6(5)8(17)18/h7,10-11H,3,13H2,1-2H3,(H,17,18)/t7?,10?,11?,12-/m0/s1. The van der Waals surface area contributed by atoms with Crippen molar-refractivity contribution < 1.29 is 19.4 Å². The van der Waals surface area contributed by atoms with Crippen molar-refractivity contribution in [2.75, 3.05) is 12.9 Å². The van der Waals surface area contributed by atoms with Crippen LogP contribution in [0.15, 0.2) is 16.4 Å². The number of fused-ring (bicyclic) bond motifs is 2. The summed E-state index contributed by atoms with van der Waals surface area (Å²) in [6.45, 7) is 1.93. The highest BCUT2D eigenvalue weighted by molar-refractivity contribution is 8.26. The summed E-state index contributed by atoms with van der Waals surface area (Å²) in [5.74, 6) is -1.14. The van der Waals surface area contributed by atoms with E-state index in [9.17, 15) is 14.7 Å². The molecule has 124 valence electrons. The number of nitrogens with two attached hydrogens (primary N) is 1. The highest BCUT2D eigenvalue weighted by atomic mass is 32.2. The van der Waals surface area contributed by atoms with Crippen LogP contribution in [-0.2, 0) is 14.3 Å². The third kappa shape index (κ3) is 1.94. The van der Waals surface area contributed by atoms with Crippen molar-refractivity contribution in [3.63, 3.8) is 0 Å². The molecule has 8 nitrogen and oxygen atoms in total. The number of carboxylic acids is 1. The number of hydrazone groups is 1. The first-order valence-electron chi connectivity index (χ1n) is 6.79. The predicted octanol–water partition coefficient (Wildman–Crippen LogP) is 0.280. The molecule has 2 fully saturated rings. The van der Waals surface area contributed by atoms with E-state index in [1.54, 1.807) is 23.5 Å². The number of methoxy groups -OCH3 is 1. The van der Waals surface area contributed by atoms with Gasteiger partial charge in [-0.15, -0.1) is 11.8 Å². The molecule has 0 aromatic rings. The third-order valence-electron chi connectivity index (χ3n) is 4.16. The molecule has 0 spiro atoms. The largest absolute Gasteiger partial charge is 0.477 e. The number of thioether (sulfide) groups is 3. The Kier molecular flexibility index (Phi) is 3.44. The van der Waals surface area contributed by atoms with Crippen molar-refractivity contribution in [2.24, 2.45) is 10.8 Å². The van der Waals surface area contributed by atoms with E-state index in [1.807, 2.05) is 11.9 Å². The van der Waals surface area contributed by atoms with E-state index in [1.165, 1.54) is 23.8 Å². The smallest absolute Gasteiger partial charge is 0.352 e. The van der Waals surface area contributed by atoms with Crippen LogP contribution in [0.2, 0.25) is 0 Å². The van der Waals surface area contributed by atoms with Crippen molar-refractivity contribution in [1.29, 1.82) is 0 Å². The molecule has 1 amide bonds. The summed E-state index contributed by atoms with van der Waals surface area (Å²) in [4.78, 5) is 25.4. The fraction of sp³-hybridized carbons (Fsp3) is 0.583. The van der Waals surface area contributed by atoms with Gasteiger partial charge in [0.15, 0.2) is 0 Å². The minimum absolute atomic E-state index is 0.0255. The van der Waals surface area contributed by atoms with Crippen LogP contribution in [0.1, 0.15) is 6.92 Å². The van der Waals surface area contributed by atoms with Gasteiger partial charge in [0.2, 0.25) is 5.72 Å². The number of carbonyl (C=O) groups is 2. The number of rotatable bonds is 3. The number of ether oxygens (including phenoxy) is 1. The summed E-state index contributed by atoms with van der Waals surface area (Å²) >= 11 is 4.73. The number of carbonyl (C=O) groups excluding carboxylic acids is 1. The Balaban J connectivity index is 1.69. The van der Waals surface area contributed by atoms with Gasteiger partial charge in [-0.1, -0.05) is 23.5 Å². The van der Waals surface area contributed by atoms with Gasteiger partial charge in [0, 0.05) is 18.4 Å². The molecule has 0 bridgehead atoms. The minimum atomic E-state index is -1.44. The van der Waals surface area contributed by atoms with Crippen LogP contribution in [0.4, 0.5) is 0 Å². The highest BCUT2D eigenvalue weighted by Crippen LogP contribution is 2.55. The number of carboxylic acid groups (broad SMARTS) is 1. The van der Waals surface area contributed by atoms with E-state index in [4.69, 9.17) is 10.5 Å². The monoisotopic (exact) mass is 374 g/mol. The topological polar surface area (TPSA) is 108 Å². The summed E-state index contributed by atoms with van der Waals surface area (Å²) < 4.78 is 5.31. The normalized spacial score (nSPS) is 38.7. The van der Waals surface area contributed by atoms with Gasteiger partial charge in [-0.05, 0) is 6.92 Å². The maximum atomic E-state index is 12.3. The van der Waals surface area contributed by atoms with Crippen molar-refractivity contribution in [2.45, 2.75) is 28.1 Å². The number of β-lactam (4-membered cyclic amide) rings is 1. The highest BCUT2D eigenvalue weighted by Gasteiger charge is 2.64. The number of amides is 1. The van der Waals surface area contributed by atoms with Crippen LogP contribution in [0.5, 0.6) is 0 Å². The molecule has 4 aliphatic rings. The van der Waals surface area contributed by atoms with Gasteiger partial charge in [0.05, 0.1) is 5.04 Å². The van der Waals surface area contributed by atoms with E-state index in [0.29, 0.717) is 11.3 Å². The van der Waals surface area contributed by atoms with Crippen molar-refractivity contribution >= 4 is 52.2 Å². The Hall–Kier alpha value is -0.880. The number of nitrogens with zero attached hydrogens (tertiary/aromatic N) is 3. The Morgan fingerprint density at radius 1 is 1.57 bits per heavy atom. The predicted molar refractivity (Wildman–Crippen MR) is 89.4 cm³/mol. The zero-order valence-corrected chi connectivity index (χ0v) is 14.7. The quantitative estimate of drug-likeness (QED) is 0.532. The molecule has 0 aromatic carbocycles. The van der Waals surface area contributed by atoms with Gasteiger partial charge in [-0.25, -0.2) is 4.79 Å². The van der Waals surface area contributed by atoms with E-state index in [0.717, 1.165) is 5.04 Å². The van der Waals surface area contributed by atoms with E-state index in [-0.39, 0.29) is 15.8 Å². The van der Waals surface area contributed by atoms with Crippen molar-refractivity contribution in [3.8, 4) is 0 Å². The molecule has 23 heavy (non-hydrogen) atoms. The summed E-state index contributed by atoms with van der Waals surface area (Å²) in [6, 6.07) is 0. The molecule has 3 N–H and O–H groups in total. The third-order valence-corrected chi connectivity index (χ3v) is 8.19. The molecule has 0 aliphatic carbocycles. The average molecular weight is 374 g/mol. The molecule has 0 aromatic heterocycles. The zero-order valence-electron chi connectivity index (χ0n) is 12.3. The summed E-state index contributed by atoms with van der Waals surface area (Å²) in [5, 5.41) is 16.3. The molecule has 4 aliphatic heterocycles. The van der Waals surface area contributed by atoms with E-state index < -0.39 is 23.0 Å². The molecule has 4 rings (SSSR count). The Labute approximate surface area is 144 Å². The van der Waals surface area contributed by atoms with Crippen LogP contribution < -0.4 is 5.73 Å². The number of hydrogen-bond acceptors (Lipinski definition) is 9. The summed E-state index contributed by atoms with van der Waals surface area (Å²) in [5.41, 5.74) is 5.23. The molecule has 4 heterocycles. The molecule has 11 heteroatoms. The first kappa shape index (κ1) is 15.6. The second-order valence-corrected chi connectivity index (χ2v) is 9.23. The minimum Gasteiger partial charge on any atom is -0.477 e. The van der Waals surface area contributed by atoms with Crippen LogP contribution in [-0.4, -0.2) is 66.0 Å². The molecule has 4 atom stereocenters. The van der Waals surface area contributed by atoms with Gasteiger partial charge in [-0.3, -0.25) is 20.4 Å². The summed E-state index contributed by atoms with van der Waals surface area (Å²) in [7, 11) is 1.36. The second kappa shape index (κ2) is 5.06. The van der Waals surface area contributed by atoms with Gasteiger partial charge in [0.1, 0.15) is 21.2 Å². The molecule has 2 saturated heterocycles. The first-order valence-corrected chi connectivity index (χ1v) is 9.67. The first-order chi connectivity index (χ1) is 10.9. The Morgan fingerprint density at radius 3 is 2.91 bits per heavy atom. The van der Waals surface area contributed by atoms with Crippen molar-refractivity contribution in [1.82, 2.24) is 9.91 Å². The average Bonchev–Trinajstić information content (AvgIpc) is 2.81. The fourth-order valence-corrected chi connectivity index (χ4v) is 7.24. The number of aliphatic carboxylic acids is 1. The van der Waals surface area contributed by atoms with Crippen LogP contribution in [0.3, 0.4) is 0 Å². The lowest BCUT2D eigenvalue weighted by Crippen LogP contribution is -2.79. The SMILES string of the molecule is CO[C@@]1(N)C(=O)N2C(C(=O)O)=C(C3SC4SC(C)=NN43)CSC21. The second-order valence-electron chi connectivity index (χ2n) is 5.43. The maximum absolute atomic E-state index is 12.3. The van der Waals surface area contributed by atoms with Gasteiger partial charge >= 0.3 is 5.97 Å². The molecular formula is C12H14N4O4S3. The van der Waals surface area contributed by atoms with Crippen LogP contribution in [0.25, 0.3) is 0 Å². The van der Waals surface area contributed by atoms with Crippen LogP contribution in [0, 0.1) is 0 Å². The van der Waals surface area contributed by atoms with Gasteiger partial charge in [0.25, 0.3) is 5.91 Å². The van der Waals surface area contributed by atoms with E-state index in [2.05, 4.69) is 5.10 Å². The van der Waals surface area contributed by atoms with E-state index >= 15 is 0 Å². The lowest BCUT2D eigenvalue weighted by atomic mass is 9.99. The molecule has 0 radical (unpaired) electrons.